The molecule has 0 aliphatic heterocycles. The molecule has 0 atom stereocenters. The molecule has 59 valence electrons. The lowest BCUT2D eigenvalue weighted by molar-refractivity contribution is 0.439. The highest BCUT2D eigenvalue weighted by molar-refractivity contribution is 5.24. The summed E-state index contributed by atoms with van der Waals surface area (Å²) in [7, 11) is 0. The van der Waals surface area contributed by atoms with Gasteiger partial charge in [0.1, 0.15) is 0 Å². The minimum absolute atomic E-state index is 0.00130. The highest BCUT2D eigenvalue weighted by atomic mass is 19.2. The summed E-state index contributed by atoms with van der Waals surface area (Å²) in [6.07, 6.45) is 0. The summed E-state index contributed by atoms with van der Waals surface area (Å²) in [5.41, 5.74) is 0.00259. The standard InChI is InChI=1S/C8H6F3/c1-4-3-5(2)7(10)8(11)6(4)9/h1-2H3. The third kappa shape index (κ3) is 1.23. The molecule has 0 aromatic heterocycles. The average Bonchev–Trinajstić information content (AvgIpc) is 1.97. The Hall–Kier alpha value is -0.990. The Morgan fingerprint density at radius 3 is 1.55 bits per heavy atom. The van der Waals surface area contributed by atoms with Crippen molar-refractivity contribution in [3.8, 4) is 0 Å². The number of aryl methyl sites for hydroxylation is 2. The molecule has 11 heavy (non-hydrogen) atoms. The Kier molecular flexibility index (Phi) is 1.89. The molecular formula is C8H6F3. The van der Waals surface area contributed by atoms with Crippen LogP contribution < -0.4 is 0 Å². The lowest BCUT2D eigenvalue weighted by Gasteiger charge is -2.00. The van der Waals surface area contributed by atoms with Crippen molar-refractivity contribution in [3.63, 3.8) is 0 Å². The lowest BCUT2D eigenvalue weighted by atomic mass is 10.1. The zero-order valence-electron chi connectivity index (χ0n) is 6.13. The van der Waals surface area contributed by atoms with Crippen molar-refractivity contribution >= 4 is 0 Å². The molecule has 0 aliphatic carbocycles. The monoisotopic (exact) mass is 159 g/mol. The number of halogens is 3. The second-order valence-electron chi connectivity index (χ2n) is 2.32. The molecule has 3 heteroatoms. The highest BCUT2D eigenvalue weighted by Crippen LogP contribution is 2.17. The summed E-state index contributed by atoms with van der Waals surface area (Å²) in [4.78, 5) is 0. The summed E-state index contributed by atoms with van der Waals surface area (Å²) in [6, 6.07) is 2.36. The highest BCUT2D eigenvalue weighted by Gasteiger charge is 2.13. The third-order valence-corrected chi connectivity index (χ3v) is 1.42. The van der Waals surface area contributed by atoms with E-state index in [1.807, 2.05) is 0 Å². The maximum absolute atomic E-state index is 12.5. The van der Waals surface area contributed by atoms with E-state index in [0.29, 0.717) is 0 Å². The van der Waals surface area contributed by atoms with Gasteiger partial charge in [0.25, 0.3) is 0 Å². The Morgan fingerprint density at radius 1 is 0.818 bits per heavy atom. The van der Waals surface area contributed by atoms with Crippen molar-refractivity contribution in [3.05, 3.63) is 34.6 Å². The first-order valence-electron chi connectivity index (χ1n) is 3.07. The van der Waals surface area contributed by atoms with Crippen LogP contribution >= 0.6 is 0 Å². The molecule has 1 aromatic rings. The van der Waals surface area contributed by atoms with Crippen LogP contribution in [0.2, 0.25) is 0 Å². The minimum Gasteiger partial charge on any atom is -0.203 e. The first-order valence-corrected chi connectivity index (χ1v) is 3.07. The van der Waals surface area contributed by atoms with Gasteiger partial charge in [0.15, 0.2) is 17.5 Å². The number of benzene rings is 1. The van der Waals surface area contributed by atoms with Gasteiger partial charge in [-0.2, -0.15) is 0 Å². The molecular weight excluding hydrogens is 153 g/mol. The summed E-state index contributed by atoms with van der Waals surface area (Å²) in [5.74, 6) is -3.74. The smallest absolute Gasteiger partial charge is 0.194 e. The van der Waals surface area contributed by atoms with Crippen molar-refractivity contribution in [2.45, 2.75) is 13.8 Å². The summed E-state index contributed by atoms with van der Waals surface area (Å²) < 4.78 is 37.5. The van der Waals surface area contributed by atoms with Crippen molar-refractivity contribution in [2.24, 2.45) is 0 Å². The van der Waals surface area contributed by atoms with Gasteiger partial charge in [-0.15, -0.1) is 0 Å². The fourth-order valence-corrected chi connectivity index (χ4v) is 0.817. The normalized spacial score (nSPS) is 10.3. The van der Waals surface area contributed by atoms with Crippen molar-refractivity contribution in [1.82, 2.24) is 0 Å². The molecule has 0 fully saturated rings. The molecule has 1 rings (SSSR count). The van der Waals surface area contributed by atoms with E-state index in [1.54, 1.807) is 0 Å². The summed E-state index contributed by atoms with van der Waals surface area (Å²) in [6.45, 7) is 2.68. The SMILES string of the molecule is Cc1[c]c(C)c(F)c(F)c1F. The summed E-state index contributed by atoms with van der Waals surface area (Å²) >= 11 is 0. The van der Waals surface area contributed by atoms with Crippen molar-refractivity contribution < 1.29 is 13.2 Å². The molecule has 0 amide bonds. The van der Waals surface area contributed by atoms with Gasteiger partial charge in [0.2, 0.25) is 0 Å². The minimum atomic E-state index is -1.42. The van der Waals surface area contributed by atoms with Crippen LogP contribution in [-0.2, 0) is 0 Å². The quantitative estimate of drug-likeness (QED) is 0.510. The molecule has 0 bridgehead atoms. The molecule has 0 unspecified atom stereocenters. The fourth-order valence-electron chi connectivity index (χ4n) is 0.817. The van der Waals surface area contributed by atoms with Crippen LogP contribution in [0.3, 0.4) is 0 Å². The van der Waals surface area contributed by atoms with Gasteiger partial charge < -0.3 is 0 Å². The van der Waals surface area contributed by atoms with E-state index >= 15 is 0 Å². The van der Waals surface area contributed by atoms with Gasteiger partial charge in [-0.3, -0.25) is 0 Å². The van der Waals surface area contributed by atoms with Gasteiger partial charge >= 0.3 is 0 Å². The van der Waals surface area contributed by atoms with E-state index in [9.17, 15) is 13.2 Å². The van der Waals surface area contributed by atoms with E-state index in [1.165, 1.54) is 13.8 Å². The van der Waals surface area contributed by atoms with Crippen LogP contribution in [0.15, 0.2) is 0 Å². The molecule has 0 aliphatic rings. The molecule has 0 spiro atoms. The fraction of sp³-hybridized carbons (Fsp3) is 0.250. The van der Waals surface area contributed by atoms with Crippen LogP contribution in [0.5, 0.6) is 0 Å². The van der Waals surface area contributed by atoms with Gasteiger partial charge in [-0.1, -0.05) is 0 Å². The number of hydrogen-bond donors (Lipinski definition) is 0. The predicted octanol–water partition coefficient (Wildman–Crippen LogP) is 2.52. The Morgan fingerprint density at radius 2 is 1.18 bits per heavy atom. The molecule has 1 aromatic carbocycles. The van der Waals surface area contributed by atoms with Crippen molar-refractivity contribution in [2.75, 3.05) is 0 Å². The first kappa shape index (κ1) is 8.11. The topological polar surface area (TPSA) is 0 Å². The largest absolute Gasteiger partial charge is 0.203 e. The van der Waals surface area contributed by atoms with E-state index < -0.39 is 17.5 Å². The number of rotatable bonds is 0. The molecule has 0 nitrogen and oxygen atoms in total. The van der Waals surface area contributed by atoms with E-state index in [0.717, 1.165) is 0 Å². The maximum Gasteiger partial charge on any atom is 0.194 e. The van der Waals surface area contributed by atoms with Crippen LogP contribution in [0.1, 0.15) is 11.1 Å². The Bertz CT molecular complexity index is 266. The Balaban J connectivity index is 3.46. The Labute approximate surface area is 62.7 Å². The van der Waals surface area contributed by atoms with E-state index in [4.69, 9.17) is 0 Å². The average molecular weight is 159 g/mol. The molecule has 0 heterocycles. The number of hydrogen-bond acceptors (Lipinski definition) is 0. The molecule has 1 radical (unpaired) electrons. The predicted molar refractivity (Wildman–Crippen MR) is 34.6 cm³/mol. The van der Waals surface area contributed by atoms with E-state index in [2.05, 4.69) is 6.07 Å². The second kappa shape index (κ2) is 2.57. The molecule has 0 saturated carbocycles. The maximum atomic E-state index is 12.5. The van der Waals surface area contributed by atoms with E-state index in [-0.39, 0.29) is 11.1 Å². The zero-order chi connectivity index (χ0) is 8.59. The zero-order valence-corrected chi connectivity index (χ0v) is 6.13. The van der Waals surface area contributed by atoms with Gasteiger partial charge in [0, 0.05) is 0 Å². The third-order valence-electron chi connectivity index (χ3n) is 1.42. The van der Waals surface area contributed by atoms with Gasteiger partial charge in [-0.05, 0) is 31.0 Å². The van der Waals surface area contributed by atoms with Crippen LogP contribution in [0, 0.1) is 37.4 Å². The van der Waals surface area contributed by atoms with Crippen LogP contribution in [-0.4, -0.2) is 0 Å². The van der Waals surface area contributed by atoms with Crippen molar-refractivity contribution in [1.29, 1.82) is 0 Å². The molecule has 0 saturated heterocycles. The lowest BCUT2D eigenvalue weighted by Crippen LogP contribution is -1.97. The first-order chi connectivity index (χ1) is 5.04. The van der Waals surface area contributed by atoms with Crippen LogP contribution in [0.25, 0.3) is 0 Å². The van der Waals surface area contributed by atoms with Gasteiger partial charge in [0.05, 0.1) is 0 Å². The van der Waals surface area contributed by atoms with Crippen LogP contribution in [0.4, 0.5) is 13.2 Å². The second-order valence-corrected chi connectivity index (χ2v) is 2.32. The summed E-state index contributed by atoms with van der Waals surface area (Å²) in [5, 5.41) is 0. The van der Waals surface area contributed by atoms with Gasteiger partial charge in [-0.25, -0.2) is 13.2 Å². The molecule has 0 N–H and O–H groups in total.